The highest BCUT2D eigenvalue weighted by Gasteiger charge is 2.28. The van der Waals surface area contributed by atoms with Crippen molar-refractivity contribution in [1.82, 2.24) is 10.6 Å². The third-order valence-corrected chi connectivity index (χ3v) is 3.30. The van der Waals surface area contributed by atoms with Crippen LogP contribution in [0.5, 0.6) is 0 Å². The zero-order valence-electron chi connectivity index (χ0n) is 10.7. The Morgan fingerprint density at radius 2 is 2.22 bits per heavy atom. The predicted molar refractivity (Wildman–Crippen MR) is 70.4 cm³/mol. The van der Waals surface area contributed by atoms with Gasteiger partial charge in [0.2, 0.25) is 5.91 Å². The van der Waals surface area contributed by atoms with Crippen LogP contribution in [0.2, 0.25) is 0 Å². The van der Waals surface area contributed by atoms with Crippen LogP contribution in [0.3, 0.4) is 0 Å². The van der Waals surface area contributed by atoms with Gasteiger partial charge >= 0.3 is 0 Å². The Morgan fingerprint density at radius 3 is 2.89 bits per heavy atom. The summed E-state index contributed by atoms with van der Waals surface area (Å²) in [6.07, 6.45) is 1.79. The van der Waals surface area contributed by atoms with E-state index in [1.54, 1.807) is 7.11 Å². The smallest absolute Gasteiger partial charge is 0.237 e. The Balaban J connectivity index is 1.69. The van der Waals surface area contributed by atoms with Crippen molar-refractivity contribution in [3.05, 3.63) is 35.9 Å². The Labute approximate surface area is 108 Å². The summed E-state index contributed by atoms with van der Waals surface area (Å²) in [5.74, 6) is 0.0745. The van der Waals surface area contributed by atoms with Crippen molar-refractivity contribution < 1.29 is 9.53 Å². The summed E-state index contributed by atoms with van der Waals surface area (Å²) >= 11 is 0. The van der Waals surface area contributed by atoms with Gasteiger partial charge in [-0.2, -0.15) is 0 Å². The van der Waals surface area contributed by atoms with Crippen LogP contribution in [0.4, 0.5) is 0 Å². The van der Waals surface area contributed by atoms with Gasteiger partial charge in [0, 0.05) is 20.2 Å². The highest BCUT2D eigenvalue weighted by Crippen LogP contribution is 2.09. The van der Waals surface area contributed by atoms with E-state index in [1.807, 2.05) is 18.2 Å². The van der Waals surface area contributed by atoms with Crippen molar-refractivity contribution in [3.8, 4) is 0 Å². The Bertz CT molecular complexity index is 381. The maximum atomic E-state index is 11.9. The first-order chi connectivity index (χ1) is 8.79. The minimum atomic E-state index is -0.106. The molecule has 2 N–H and O–H groups in total. The van der Waals surface area contributed by atoms with Gasteiger partial charge in [-0.3, -0.25) is 4.79 Å². The van der Waals surface area contributed by atoms with Crippen LogP contribution >= 0.6 is 0 Å². The number of ether oxygens (including phenoxy) is 1. The Morgan fingerprint density at radius 1 is 1.44 bits per heavy atom. The van der Waals surface area contributed by atoms with Gasteiger partial charge in [-0.25, -0.2) is 0 Å². The second-order valence-corrected chi connectivity index (χ2v) is 4.58. The Kier molecular flexibility index (Phi) is 4.73. The average Bonchev–Trinajstić information content (AvgIpc) is 2.89. The van der Waals surface area contributed by atoms with Gasteiger partial charge in [-0.05, 0) is 18.4 Å². The topological polar surface area (TPSA) is 50.4 Å². The largest absolute Gasteiger partial charge is 0.380 e. The second kappa shape index (κ2) is 6.52. The third-order valence-electron chi connectivity index (χ3n) is 3.30. The number of methoxy groups -OCH3 is 1. The lowest BCUT2D eigenvalue weighted by Gasteiger charge is -2.11. The van der Waals surface area contributed by atoms with E-state index in [0.717, 1.165) is 19.4 Å². The fraction of sp³-hybridized carbons (Fsp3) is 0.500. The molecule has 0 aromatic heterocycles. The molecule has 4 heteroatoms. The third kappa shape index (κ3) is 3.55. The molecule has 2 atom stereocenters. The molecule has 1 saturated heterocycles. The summed E-state index contributed by atoms with van der Waals surface area (Å²) in [5, 5.41) is 6.13. The van der Waals surface area contributed by atoms with Crippen LogP contribution in [0, 0.1) is 0 Å². The number of rotatable bonds is 5. The molecule has 2 unspecified atom stereocenters. The highest BCUT2D eigenvalue weighted by molar-refractivity contribution is 5.82. The monoisotopic (exact) mass is 248 g/mol. The first-order valence-corrected chi connectivity index (χ1v) is 6.37. The summed E-state index contributed by atoms with van der Waals surface area (Å²) in [7, 11) is 1.68. The van der Waals surface area contributed by atoms with Crippen molar-refractivity contribution >= 4 is 5.91 Å². The molecule has 18 heavy (non-hydrogen) atoms. The van der Waals surface area contributed by atoms with Crippen molar-refractivity contribution in [2.75, 3.05) is 20.2 Å². The predicted octanol–water partition coefficient (Wildman–Crippen LogP) is 0.722. The first kappa shape index (κ1) is 13.1. The van der Waals surface area contributed by atoms with Crippen molar-refractivity contribution in [1.29, 1.82) is 0 Å². The van der Waals surface area contributed by atoms with Crippen LogP contribution in [0.15, 0.2) is 30.3 Å². The van der Waals surface area contributed by atoms with E-state index < -0.39 is 0 Å². The molecule has 1 aliphatic heterocycles. The lowest BCUT2D eigenvalue weighted by molar-refractivity contribution is -0.122. The van der Waals surface area contributed by atoms with Crippen molar-refractivity contribution in [2.24, 2.45) is 0 Å². The molecule has 0 saturated carbocycles. The summed E-state index contributed by atoms with van der Waals surface area (Å²) in [5.41, 5.74) is 1.24. The molecule has 0 aliphatic carbocycles. The standard InChI is InChI=1S/C14H20N2O2/c1-18-12-9-13(16-10-12)14(17)15-8-7-11-5-3-2-4-6-11/h2-6,12-13,16H,7-10H2,1H3,(H,15,17). The molecule has 2 rings (SSSR count). The molecular formula is C14H20N2O2. The minimum Gasteiger partial charge on any atom is -0.380 e. The number of carbonyl (C=O) groups excluding carboxylic acids is 1. The van der Waals surface area contributed by atoms with Gasteiger partial charge in [-0.15, -0.1) is 0 Å². The van der Waals surface area contributed by atoms with Gasteiger partial charge in [0.05, 0.1) is 12.1 Å². The van der Waals surface area contributed by atoms with E-state index in [2.05, 4.69) is 22.8 Å². The minimum absolute atomic E-state index is 0.0745. The van der Waals surface area contributed by atoms with Gasteiger partial charge in [0.15, 0.2) is 0 Å². The van der Waals surface area contributed by atoms with Crippen LogP contribution in [-0.4, -0.2) is 38.3 Å². The second-order valence-electron chi connectivity index (χ2n) is 4.58. The number of nitrogens with one attached hydrogen (secondary N) is 2. The molecule has 4 nitrogen and oxygen atoms in total. The van der Waals surface area contributed by atoms with E-state index in [0.29, 0.717) is 6.54 Å². The summed E-state index contributed by atoms with van der Waals surface area (Å²) in [6, 6.07) is 10.1. The molecular weight excluding hydrogens is 228 g/mol. The average molecular weight is 248 g/mol. The number of hydrogen-bond donors (Lipinski definition) is 2. The zero-order chi connectivity index (χ0) is 12.8. The van der Waals surface area contributed by atoms with Gasteiger partial charge < -0.3 is 15.4 Å². The molecule has 1 aromatic rings. The van der Waals surface area contributed by atoms with Gasteiger partial charge in [-0.1, -0.05) is 30.3 Å². The molecule has 1 aliphatic rings. The number of amides is 1. The summed E-state index contributed by atoms with van der Waals surface area (Å²) in [6.45, 7) is 1.44. The molecule has 1 aromatic carbocycles. The van der Waals surface area contributed by atoms with E-state index in [4.69, 9.17) is 4.74 Å². The molecule has 98 valence electrons. The molecule has 1 amide bonds. The van der Waals surface area contributed by atoms with Crippen molar-refractivity contribution in [2.45, 2.75) is 25.0 Å². The van der Waals surface area contributed by atoms with Crippen LogP contribution in [0.1, 0.15) is 12.0 Å². The van der Waals surface area contributed by atoms with Crippen LogP contribution < -0.4 is 10.6 Å². The highest BCUT2D eigenvalue weighted by atomic mass is 16.5. The fourth-order valence-electron chi connectivity index (χ4n) is 2.18. The summed E-state index contributed by atoms with van der Waals surface area (Å²) < 4.78 is 5.22. The van der Waals surface area contributed by atoms with E-state index >= 15 is 0 Å². The quantitative estimate of drug-likeness (QED) is 0.807. The van der Waals surface area contributed by atoms with Gasteiger partial charge in [0.25, 0.3) is 0 Å². The van der Waals surface area contributed by atoms with E-state index in [1.165, 1.54) is 5.56 Å². The van der Waals surface area contributed by atoms with Crippen molar-refractivity contribution in [3.63, 3.8) is 0 Å². The normalized spacial score (nSPS) is 22.9. The lowest BCUT2D eigenvalue weighted by atomic mass is 10.1. The van der Waals surface area contributed by atoms with E-state index in [-0.39, 0.29) is 18.1 Å². The fourth-order valence-corrected chi connectivity index (χ4v) is 2.18. The zero-order valence-corrected chi connectivity index (χ0v) is 10.7. The van der Waals surface area contributed by atoms with Gasteiger partial charge in [0.1, 0.15) is 0 Å². The maximum Gasteiger partial charge on any atom is 0.237 e. The van der Waals surface area contributed by atoms with Crippen LogP contribution in [-0.2, 0) is 16.0 Å². The summed E-state index contributed by atoms with van der Waals surface area (Å²) in [4.78, 5) is 11.9. The molecule has 0 bridgehead atoms. The number of benzene rings is 1. The Hall–Kier alpha value is -1.39. The molecule has 1 heterocycles. The maximum absolute atomic E-state index is 11.9. The SMILES string of the molecule is COC1CNC(C(=O)NCCc2ccccc2)C1. The first-order valence-electron chi connectivity index (χ1n) is 6.37. The number of hydrogen-bond acceptors (Lipinski definition) is 3. The van der Waals surface area contributed by atoms with Crippen LogP contribution in [0.25, 0.3) is 0 Å². The molecule has 1 fully saturated rings. The van der Waals surface area contributed by atoms with E-state index in [9.17, 15) is 4.79 Å². The number of carbonyl (C=O) groups is 1. The molecule has 0 spiro atoms. The lowest BCUT2D eigenvalue weighted by Crippen LogP contribution is -2.41. The molecule has 0 radical (unpaired) electrons.